The molecule has 11 heteroatoms. The molecule has 0 saturated carbocycles. The molecule has 32 heavy (non-hydrogen) atoms. The van der Waals surface area contributed by atoms with Crippen molar-refractivity contribution in [2.45, 2.75) is 24.6 Å². The Morgan fingerprint density at radius 2 is 1.69 bits per heavy atom. The predicted octanol–water partition coefficient (Wildman–Crippen LogP) is 2.78. The second-order valence-corrected chi connectivity index (χ2v) is 8.82. The van der Waals surface area contributed by atoms with Gasteiger partial charge in [-0.25, -0.2) is 4.79 Å². The number of azide groups is 1. The topological polar surface area (TPSA) is 139 Å². The number of carbonyl (C=O) groups excluding carboxylic acids is 2. The minimum atomic E-state index is -3.92. The van der Waals surface area contributed by atoms with Gasteiger partial charge in [-0.2, -0.15) is 8.42 Å². The number of benzene rings is 2. The van der Waals surface area contributed by atoms with Gasteiger partial charge in [0, 0.05) is 23.4 Å². The van der Waals surface area contributed by atoms with E-state index in [1.165, 1.54) is 4.90 Å². The molecule has 0 bridgehead atoms. The molecule has 0 aliphatic carbocycles. The fourth-order valence-corrected chi connectivity index (χ4v) is 4.26. The van der Waals surface area contributed by atoms with E-state index < -0.39 is 34.3 Å². The van der Waals surface area contributed by atoms with Crippen LogP contribution in [0, 0.1) is 0 Å². The monoisotopic (exact) mass is 458 g/mol. The Kier molecular flexibility index (Phi) is 7.47. The highest BCUT2D eigenvalue weighted by Gasteiger charge is 2.46. The second-order valence-electron chi connectivity index (χ2n) is 7.22. The van der Waals surface area contributed by atoms with Crippen molar-refractivity contribution in [1.29, 1.82) is 0 Å². The minimum Gasteiger partial charge on any atom is -0.462 e. The first kappa shape index (κ1) is 23.3. The summed E-state index contributed by atoms with van der Waals surface area (Å²) in [6.45, 7) is -0.126. The van der Waals surface area contributed by atoms with Gasteiger partial charge in [0.2, 0.25) is 0 Å². The number of ether oxygens (including phenoxy) is 1. The first-order valence-electron chi connectivity index (χ1n) is 9.81. The summed E-state index contributed by atoms with van der Waals surface area (Å²) in [7, 11) is -3.92. The summed E-state index contributed by atoms with van der Waals surface area (Å²) in [5, 5.41) is 3.65. The smallest absolute Gasteiger partial charge is 0.338 e. The highest BCUT2D eigenvalue weighted by atomic mass is 32.2. The van der Waals surface area contributed by atoms with Crippen molar-refractivity contribution in [3.05, 3.63) is 82.2 Å². The molecule has 0 radical (unpaired) electrons. The Labute approximate surface area is 185 Å². The van der Waals surface area contributed by atoms with Crippen molar-refractivity contribution < 1.29 is 26.9 Å². The van der Waals surface area contributed by atoms with Crippen molar-refractivity contribution in [2.24, 2.45) is 5.11 Å². The van der Waals surface area contributed by atoms with Gasteiger partial charge < -0.3 is 9.64 Å². The van der Waals surface area contributed by atoms with Gasteiger partial charge in [0.15, 0.2) is 0 Å². The average Bonchev–Trinajstić information content (AvgIpc) is 3.10. The Balaban J connectivity index is 1.82. The van der Waals surface area contributed by atoms with Crippen molar-refractivity contribution >= 4 is 22.0 Å². The standard InChI is InChI=1S/C21H22N4O6S/c1-32(28,29)31-19-17(23-24-22)14-25(20(26)15-8-4-2-5-9-15)18(19)12-13-30-21(27)16-10-6-3-7-11-16/h2-11,17-19H,12-14H2,1H3. The van der Waals surface area contributed by atoms with Crippen LogP contribution in [-0.4, -0.2) is 62.8 Å². The summed E-state index contributed by atoms with van der Waals surface area (Å²) in [6, 6.07) is 15.1. The lowest BCUT2D eigenvalue weighted by Crippen LogP contribution is -2.42. The second kappa shape index (κ2) is 10.3. The fourth-order valence-electron chi connectivity index (χ4n) is 3.60. The van der Waals surface area contributed by atoms with E-state index in [4.69, 9.17) is 14.5 Å². The summed E-state index contributed by atoms with van der Waals surface area (Å²) in [5.74, 6) is -0.917. The van der Waals surface area contributed by atoms with Crippen LogP contribution in [0.5, 0.6) is 0 Å². The Bertz CT molecular complexity index is 1100. The quantitative estimate of drug-likeness (QED) is 0.196. The molecular weight excluding hydrogens is 436 g/mol. The number of hydrogen-bond donors (Lipinski definition) is 0. The maximum Gasteiger partial charge on any atom is 0.338 e. The molecule has 2 aromatic carbocycles. The zero-order valence-electron chi connectivity index (χ0n) is 17.3. The van der Waals surface area contributed by atoms with Crippen molar-refractivity contribution in [3.8, 4) is 0 Å². The first-order valence-corrected chi connectivity index (χ1v) is 11.6. The summed E-state index contributed by atoms with van der Waals surface area (Å²) in [6.07, 6.45) is -0.132. The zero-order valence-corrected chi connectivity index (χ0v) is 18.1. The molecule has 3 unspecified atom stereocenters. The minimum absolute atomic E-state index is 0.0325. The van der Waals surface area contributed by atoms with Gasteiger partial charge in [0.25, 0.3) is 16.0 Å². The van der Waals surface area contributed by atoms with Crippen LogP contribution in [0.15, 0.2) is 65.8 Å². The molecule has 0 aromatic heterocycles. The Morgan fingerprint density at radius 1 is 1.09 bits per heavy atom. The first-order chi connectivity index (χ1) is 15.3. The molecule has 1 amide bonds. The number of hydrogen-bond acceptors (Lipinski definition) is 7. The predicted molar refractivity (Wildman–Crippen MR) is 115 cm³/mol. The average molecular weight is 458 g/mol. The molecule has 3 rings (SSSR count). The molecular formula is C21H22N4O6S. The van der Waals surface area contributed by atoms with Crippen LogP contribution < -0.4 is 0 Å². The Hall–Kier alpha value is -3.40. The normalized spacial score (nSPS) is 20.4. The van der Waals surface area contributed by atoms with E-state index in [1.54, 1.807) is 60.7 Å². The van der Waals surface area contributed by atoms with E-state index in [9.17, 15) is 18.0 Å². The number of likely N-dealkylation sites (tertiary alicyclic amines) is 1. The maximum atomic E-state index is 13.1. The third-order valence-corrected chi connectivity index (χ3v) is 5.54. The Morgan fingerprint density at radius 3 is 2.25 bits per heavy atom. The van der Waals surface area contributed by atoms with Crippen LogP contribution in [-0.2, 0) is 19.0 Å². The van der Waals surface area contributed by atoms with E-state index >= 15 is 0 Å². The molecule has 1 aliphatic heterocycles. The van der Waals surface area contributed by atoms with E-state index in [0.717, 1.165) is 6.26 Å². The lowest BCUT2D eigenvalue weighted by molar-refractivity contribution is 0.0413. The zero-order chi connectivity index (χ0) is 23.1. The third kappa shape index (κ3) is 5.85. The molecule has 0 spiro atoms. The van der Waals surface area contributed by atoms with Crippen LogP contribution in [0.1, 0.15) is 27.1 Å². The number of carbonyl (C=O) groups is 2. The van der Waals surface area contributed by atoms with Gasteiger partial charge in [0.05, 0.1) is 30.5 Å². The van der Waals surface area contributed by atoms with E-state index in [1.807, 2.05) is 0 Å². The van der Waals surface area contributed by atoms with Crippen LogP contribution >= 0.6 is 0 Å². The maximum absolute atomic E-state index is 13.1. The van der Waals surface area contributed by atoms with E-state index in [2.05, 4.69) is 10.0 Å². The SMILES string of the molecule is CS(=O)(=O)OC1C(N=[N+]=[N-])CN(C(=O)c2ccccc2)C1CCOC(=O)c1ccccc1. The molecule has 2 aromatic rings. The highest BCUT2D eigenvalue weighted by Crippen LogP contribution is 2.29. The van der Waals surface area contributed by atoms with E-state index in [-0.39, 0.29) is 25.5 Å². The van der Waals surface area contributed by atoms with Crippen LogP contribution in [0.2, 0.25) is 0 Å². The molecule has 1 aliphatic rings. The van der Waals surface area contributed by atoms with Gasteiger partial charge >= 0.3 is 5.97 Å². The molecule has 3 atom stereocenters. The van der Waals surface area contributed by atoms with Crippen LogP contribution in [0.4, 0.5) is 0 Å². The lowest BCUT2D eigenvalue weighted by atomic mass is 10.1. The van der Waals surface area contributed by atoms with Gasteiger partial charge in [-0.05, 0) is 29.8 Å². The summed E-state index contributed by atoms with van der Waals surface area (Å²) in [4.78, 5) is 29.5. The molecule has 10 nitrogen and oxygen atoms in total. The molecule has 168 valence electrons. The van der Waals surface area contributed by atoms with Crippen LogP contribution in [0.25, 0.3) is 10.4 Å². The van der Waals surface area contributed by atoms with Crippen molar-refractivity contribution in [3.63, 3.8) is 0 Å². The van der Waals surface area contributed by atoms with Gasteiger partial charge in [-0.15, -0.1) is 0 Å². The van der Waals surface area contributed by atoms with Gasteiger partial charge in [0.1, 0.15) is 6.10 Å². The number of esters is 1. The summed E-state index contributed by atoms with van der Waals surface area (Å²) >= 11 is 0. The lowest BCUT2D eigenvalue weighted by Gasteiger charge is -2.27. The van der Waals surface area contributed by atoms with Gasteiger partial charge in [-0.3, -0.25) is 8.98 Å². The van der Waals surface area contributed by atoms with Gasteiger partial charge in [-0.1, -0.05) is 41.5 Å². The largest absolute Gasteiger partial charge is 0.462 e. The van der Waals surface area contributed by atoms with E-state index in [0.29, 0.717) is 11.1 Å². The number of rotatable bonds is 8. The number of nitrogens with zero attached hydrogens (tertiary/aromatic N) is 4. The molecule has 1 fully saturated rings. The number of amides is 1. The van der Waals surface area contributed by atoms with Crippen molar-refractivity contribution in [1.82, 2.24) is 4.90 Å². The molecule has 1 saturated heterocycles. The summed E-state index contributed by atoms with van der Waals surface area (Å²) < 4.78 is 34.2. The molecule has 0 N–H and O–H groups in total. The third-order valence-electron chi connectivity index (χ3n) is 4.97. The molecule has 1 heterocycles. The fraction of sp³-hybridized carbons (Fsp3) is 0.333. The van der Waals surface area contributed by atoms with Crippen LogP contribution in [0.3, 0.4) is 0 Å². The highest BCUT2D eigenvalue weighted by molar-refractivity contribution is 7.86. The van der Waals surface area contributed by atoms with Crippen molar-refractivity contribution in [2.75, 3.05) is 19.4 Å². The summed E-state index contributed by atoms with van der Waals surface area (Å²) in [5.41, 5.74) is 9.68.